The van der Waals surface area contributed by atoms with Gasteiger partial charge in [-0.05, 0) is 18.2 Å². The van der Waals surface area contributed by atoms with Crippen LogP contribution in [0.2, 0.25) is 0 Å². The number of aromatic nitrogens is 1. The van der Waals surface area contributed by atoms with E-state index < -0.39 is 0 Å². The minimum atomic E-state index is -0.278. The summed E-state index contributed by atoms with van der Waals surface area (Å²) in [6, 6.07) is 8.59. The largest absolute Gasteiger partial charge is 0.326 e. The van der Waals surface area contributed by atoms with Crippen LogP contribution in [-0.2, 0) is 9.59 Å². The first-order valence-corrected chi connectivity index (χ1v) is 7.04. The van der Waals surface area contributed by atoms with Crippen molar-refractivity contribution in [2.24, 2.45) is 0 Å². The molecule has 21 heavy (non-hydrogen) atoms. The van der Waals surface area contributed by atoms with Crippen LogP contribution in [0.15, 0.2) is 35.8 Å². The Morgan fingerprint density at radius 3 is 2.67 bits per heavy atom. The van der Waals surface area contributed by atoms with Gasteiger partial charge in [-0.3, -0.25) is 9.59 Å². The van der Waals surface area contributed by atoms with Crippen LogP contribution >= 0.6 is 11.3 Å². The van der Waals surface area contributed by atoms with Crippen LogP contribution < -0.4 is 10.6 Å². The average Bonchev–Trinajstić information content (AvgIpc) is 2.98. The van der Waals surface area contributed by atoms with E-state index >= 15 is 0 Å². The van der Waals surface area contributed by atoms with E-state index in [2.05, 4.69) is 15.6 Å². The summed E-state index contributed by atoms with van der Waals surface area (Å²) in [5.74, 6) is -0.537. The SMILES string of the molecule is N#Cc1cccc(NC(=O)CCC(=O)Nc2nccs2)c1. The van der Waals surface area contributed by atoms with Crippen molar-refractivity contribution in [1.82, 2.24) is 4.98 Å². The molecule has 0 aliphatic carbocycles. The molecule has 1 aromatic carbocycles. The molecule has 2 amide bonds. The maximum Gasteiger partial charge on any atom is 0.226 e. The lowest BCUT2D eigenvalue weighted by Gasteiger charge is -2.05. The summed E-state index contributed by atoms with van der Waals surface area (Å²) < 4.78 is 0. The van der Waals surface area contributed by atoms with Gasteiger partial charge in [0.15, 0.2) is 5.13 Å². The van der Waals surface area contributed by atoms with Crippen LogP contribution in [0.1, 0.15) is 18.4 Å². The van der Waals surface area contributed by atoms with Gasteiger partial charge in [-0.1, -0.05) is 6.07 Å². The average molecular weight is 300 g/mol. The van der Waals surface area contributed by atoms with Gasteiger partial charge in [-0.25, -0.2) is 4.98 Å². The van der Waals surface area contributed by atoms with Crippen molar-refractivity contribution in [1.29, 1.82) is 5.26 Å². The lowest BCUT2D eigenvalue weighted by atomic mass is 10.2. The van der Waals surface area contributed by atoms with Gasteiger partial charge in [0.05, 0.1) is 11.6 Å². The molecular weight excluding hydrogens is 288 g/mol. The molecule has 1 aromatic heterocycles. The molecule has 106 valence electrons. The Kier molecular flexibility index (Phi) is 5.01. The molecule has 7 heteroatoms. The summed E-state index contributed by atoms with van der Waals surface area (Å²) in [5.41, 5.74) is 1.01. The molecule has 0 atom stereocenters. The first-order chi connectivity index (χ1) is 10.2. The van der Waals surface area contributed by atoms with Gasteiger partial charge in [0.1, 0.15) is 0 Å². The number of carbonyl (C=O) groups excluding carboxylic acids is 2. The van der Waals surface area contributed by atoms with Crippen LogP contribution in [0.25, 0.3) is 0 Å². The smallest absolute Gasteiger partial charge is 0.226 e. The van der Waals surface area contributed by atoms with Crippen LogP contribution in [0.4, 0.5) is 10.8 Å². The summed E-state index contributed by atoms with van der Waals surface area (Å²) in [5, 5.41) is 16.3. The number of nitrogens with one attached hydrogen (secondary N) is 2. The monoisotopic (exact) mass is 300 g/mol. The van der Waals surface area contributed by atoms with Gasteiger partial charge in [0.2, 0.25) is 11.8 Å². The standard InChI is InChI=1S/C14H12N4O2S/c15-9-10-2-1-3-11(8-10)17-12(19)4-5-13(20)18-14-16-6-7-21-14/h1-3,6-8H,4-5H2,(H,17,19)(H,16,18,20). The molecule has 2 N–H and O–H groups in total. The number of hydrogen-bond acceptors (Lipinski definition) is 5. The van der Waals surface area contributed by atoms with E-state index in [0.717, 1.165) is 0 Å². The number of nitrogens with zero attached hydrogens (tertiary/aromatic N) is 2. The number of rotatable bonds is 5. The van der Waals surface area contributed by atoms with E-state index in [1.54, 1.807) is 35.8 Å². The fourth-order valence-electron chi connectivity index (χ4n) is 1.58. The quantitative estimate of drug-likeness (QED) is 0.886. The van der Waals surface area contributed by atoms with Gasteiger partial charge >= 0.3 is 0 Å². The zero-order chi connectivity index (χ0) is 15.1. The molecule has 0 bridgehead atoms. The van der Waals surface area contributed by atoms with E-state index in [0.29, 0.717) is 16.4 Å². The predicted octanol–water partition coefficient (Wildman–Crippen LogP) is 2.37. The topological polar surface area (TPSA) is 94.9 Å². The molecule has 0 saturated heterocycles. The highest BCUT2D eigenvalue weighted by Crippen LogP contribution is 2.12. The molecule has 2 aromatic rings. The Morgan fingerprint density at radius 2 is 2.00 bits per heavy atom. The third kappa shape index (κ3) is 4.71. The summed E-state index contributed by atoms with van der Waals surface area (Å²) in [4.78, 5) is 27.3. The minimum Gasteiger partial charge on any atom is -0.326 e. The molecule has 1 heterocycles. The second-order valence-corrected chi connectivity index (χ2v) is 5.02. The second kappa shape index (κ2) is 7.17. The van der Waals surface area contributed by atoms with E-state index in [4.69, 9.17) is 5.26 Å². The summed E-state index contributed by atoms with van der Waals surface area (Å²) >= 11 is 1.32. The van der Waals surface area contributed by atoms with Crippen LogP contribution in [-0.4, -0.2) is 16.8 Å². The minimum absolute atomic E-state index is 0.0635. The van der Waals surface area contributed by atoms with Crippen molar-refractivity contribution >= 4 is 34.0 Å². The van der Waals surface area contributed by atoms with Crippen molar-refractivity contribution in [3.8, 4) is 6.07 Å². The van der Waals surface area contributed by atoms with Crippen LogP contribution in [0.5, 0.6) is 0 Å². The zero-order valence-electron chi connectivity index (χ0n) is 11.0. The number of hydrogen-bond donors (Lipinski definition) is 2. The third-order valence-corrected chi connectivity index (χ3v) is 3.22. The highest BCUT2D eigenvalue weighted by molar-refractivity contribution is 7.13. The fourth-order valence-corrected chi connectivity index (χ4v) is 2.13. The lowest BCUT2D eigenvalue weighted by Crippen LogP contribution is -2.17. The predicted molar refractivity (Wildman–Crippen MR) is 79.8 cm³/mol. The van der Waals surface area contributed by atoms with Crippen molar-refractivity contribution in [3.05, 3.63) is 41.4 Å². The van der Waals surface area contributed by atoms with E-state index in [-0.39, 0.29) is 24.7 Å². The molecule has 0 radical (unpaired) electrons. The van der Waals surface area contributed by atoms with Crippen molar-refractivity contribution in [2.75, 3.05) is 10.6 Å². The Hall–Kier alpha value is -2.72. The van der Waals surface area contributed by atoms with Crippen molar-refractivity contribution in [2.45, 2.75) is 12.8 Å². The molecule has 0 aliphatic heterocycles. The van der Waals surface area contributed by atoms with Crippen LogP contribution in [0, 0.1) is 11.3 Å². The Morgan fingerprint density at radius 1 is 1.24 bits per heavy atom. The lowest BCUT2D eigenvalue weighted by molar-refractivity contribution is -0.121. The summed E-state index contributed by atoms with van der Waals surface area (Å²) in [7, 11) is 0. The Balaban J connectivity index is 1.79. The number of anilines is 2. The zero-order valence-corrected chi connectivity index (χ0v) is 11.8. The van der Waals surface area contributed by atoms with E-state index in [9.17, 15) is 9.59 Å². The van der Waals surface area contributed by atoms with E-state index in [1.165, 1.54) is 11.3 Å². The summed E-state index contributed by atoms with van der Waals surface area (Å²) in [6.07, 6.45) is 1.73. The first-order valence-electron chi connectivity index (χ1n) is 6.17. The van der Waals surface area contributed by atoms with Gasteiger partial charge in [-0.2, -0.15) is 5.26 Å². The number of nitriles is 1. The number of carbonyl (C=O) groups is 2. The van der Waals surface area contributed by atoms with Gasteiger partial charge < -0.3 is 10.6 Å². The Bertz CT molecular complexity index is 677. The molecule has 0 spiro atoms. The maximum atomic E-state index is 11.7. The maximum absolute atomic E-state index is 11.7. The molecular formula is C14H12N4O2S. The van der Waals surface area contributed by atoms with Gasteiger partial charge in [-0.15, -0.1) is 11.3 Å². The second-order valence-electron chi connectivity index (χ2n) is 4.13. The normalized spacial score (nSPS) is 9.67. The van der Waals surface area contributed by atoms with Crippen molar-refractivity contribution < 1.29 is 9.59 Å². The number of benzene rings is 1. The summed E-state index contributed by atoms with van der Waals surface area (Å²) in [6.45, 7) is 0. The molecule has 0 fully saturated rings. The Labute approximate surface area is 125 Å². The fraction of sp³-hybridized carbons (Fsp3) is 0.143. The van der Waals surface area contributed by atoms with Crippen LogP contribution in [0.3, 0.4) is 0 Å². The third-order valence-electron chi connectivity index (χ3n) is 2.53. The van der Waals surface area contributed by atoms with Crippen molar-refractivity contribution in [3.63, 3.8) is 0 Å². The molecule has 0 unspecified atom stereocenters. The first kappa shape index (κ1) is 14.7. The molecule has 6 nitrogen and oxygen atoms in total. The van der Waals surface area contributed by atoms with Gasteiger partial charge in [0, 0.05) is 30.1 Å². The molecule has 0 saturated carbocycles. The van der Waals surface area contributed by atoms with E-state index in [1.807, 2.05) is 6.07 Å². The molecule has 2 rings (SSSR count). The highest BCUT2D eigenvalue weighted by Gasteiger charge is 2.08. The number of thiazole rings is 1. The molecule has 0 aliphatic rings. The highest BCUT2D eigenvalue weighted by atomic mass is 32.1. The van der Waals surface area contributed by atoms with Gasteiger partial charge in [0.25, 0.3) is 0 Å². The number of amides is 2.